The second-order valence-electron chi connectivity index (χ2n) is 6.12. The number of nitro benzene ring substituents is 1. The lowest BCUT2D eigenvalue weighted by molar-refractivity contribution is -0.384. The van der Waals surface area contributed by atoms with Crippen LogP contribution in [0.2, 0.25) is 0 Å². The number of hydrogen-bond donors (Lipinski definition) is 1. The number of rotatable bonds is 7. The van der Waals surface area contributed by atoms with Gasteiger partial charge in [0.2, 0.25) is 0 Å². The molecule has 0 spiro atoms. The number of anilines is 1. The van der Waals surface area contributed by atoms with E-state index >= 15 is 0 Å². The van der Waals surface area contributed by atoms with Crippen LogP contribution in [0.4, 0.5) is 11.4 Å². The first kappa shape index (κ1) is 21.1. The van der Waals surface area contributed by atoms with Gasteiger partial charge >= 0.3 is 5.97 Å². The predicted octanol–water partition coefficient (Wildman–Crippen LogP) is 3.68. The molecule has 0 aliphatic rings. The van der Waals surface area contributed by atoms with Gasteiger partial charge in [-0.05, 0) is 42.5 Å². The Morgan fingerprint density at radius 3 is 2.55 bits per heavy atom. The summed E-state index contributed by atoms with van der Waals surface area (Å²) in [6, 6.07) is 14.6. The summed E-state index contributed by atoms with van der Waals surface area (Å²) < 4.78 is 15.6. The third kappa shape index (κ3) is 5.04. The summed E-state index contributed by atoms with van der Waals surface area (Å²) >= 11 is 0. The van der Waals surface area contributed by atoms with E-state index in [9.17, 15) is 19.7 Å². The van der Waals surface area contributed by atoms with Crippen molar-refractivity contribution < 1.29 is 28.4 Å². The molecule has 1 N–H and O–H groups in total. The summed E-state index contributed by atoms with van der Waals surface area (Å²) in [5, 5.41) is 22.5. The van der Waals surface area contributed by atoms with Gasteiger partial charge in [-0.1, -0.05) is 0 Å². The van der Waals surface area contributed by atoms with Gasteiger partial charge in [-0.15, -0.1) is 0 Å². The second-order valence-corrected chi connectivity index (χ2v) is 6.12. The summed E-state index contributed by atoms with van der Waals surface area (Å²) in [5.74, 6) is -0.257. The number of nitrogens with one attached hydrogen (secondary N) is 1. The molecule has 1 aromatic heterocycles. The number of carbonyl (C=O) groups excluding carboxylic acids is 2. The summed E-state index contributed by atoms with van der Waals surface area (Å²) in [6.45, 7) is 0.0336. The molecule has 156 valence electrons. The molecule has 0 aliphatic heterocycles. The first-order chi connectivity index (χ1) is 14.9. The van der Waals surface area contributed by atoms with Crippen LogP contribution in [0.5, 0.6) is 5.75 Å². The zero-order chi connectivity index (χ0) is 22.4. The molecule has 0 saturated heterocycles. The third-order valence-corrected chi connectivity index (χ3v) is 4.12. The van der Waals surface area contributed by atoms with Gasteiger partial charge in [0, 0.05) is 12.1 Å². The lowest BCUT2D eigenvalue weighted by Gasteiger charge is -2.06. The van der Waals surface area contributed by atoms with E-state index < -0.39 is 16.8 Å². The van der Waals surface area contributed by atoms with Crippen molar-refractivity contribution in [1.29, 1.82) is 5.26 Å². The third-order valence-electron chi connectivity index (χ3n) is 4.12. The fourth-order valence-corrected chi connectivity index (χ4v) is 2.57. The molecule has 3 aromatic rings. The van der Waals surface area contributed by atoms with Gasteiger partial charge in [0.25, 0.3) is 11.6 Å². The summed E-state index contributed by atoms with van der Waals surface area (Å²) in [5.41, 5.74) is 0.201. The predicted molar refractivity (Wildman–Crippen MR) is 107 cm³/mol. The first-order valence-electron chi connectivity index (χ1n) is 8.81. The zero-order valence-electron chi connectivity index (χ0n) is 16.2. The summed E-state index contributed by atoms with van der Waals surface area (Å²) in [7, 11) is 1.29. The lowest BCUT2D eigenvalue weighted by Crippen LogP contribution is -2.12. The molecule has 0 bridgehead atoms. The van der Waals surface area contributed by atoms with E-state index in [2.05, 4.69) is 10.1 Å². The maximum atomic E-state index is 12.4. The van der Waals surface area contributed by atoms with Crippen molar-refractivity contribution in [1.82, 2.24) is 0 Å². The van der Waals surface area contributed by atoms with Crippen LogP contribution < -0.4 is 10.1 Å². The van der Waals surface area contributed by atoms with E-state index in [1.807, 2.05) is 6.07 Å². The van der Waals surface area contributed by atoms with Gasteiger partial charge in [-0.3, -0.25) is 14.9 Å². The van der Waals surface area contributed by atoms with E-state index in [1.165, 1.54) is 25.3 Å². The van der Waals surface area contributed by atoms with E-state index in [1.54, 1.807) is 30.3 Å². The maximum Gasteiger partial charge on any atom is 0.337 e. The molecule has 0 aliphatic carbocycles. The monoisotopic (exact) mass is 421 g/mol. The quantitative estimate of drug-likeness (QED) is 0.345. The van der Waals surface area contributed by atoms with Crippen LogP contribution in [0.3, 0.4) is 0 Å². The molecule has 1 heterocycles. The van der Waals surface area contributed by atoms with Gasteiger partial charge in [-0.2, -0.15) is 5.26 Å². The lowest BCUT2D eigenvalue weighted by atomic mass is 10.1. The second kappa shape index (κ2) is 9.23. The van der Waals surface area contributed by atoms with Crippen molar-refractivity contribution in [2.24, 2.45) is 0 Å². The number of carbonyl (C=O) groups is 2. The van der Waals surface area contributed by atoms with Crippen molar-refractivity contribution in [2.45, 2.75) is 6.61 Å². The highest BCUT2D eigenvalue weighted by atomic mass is 16.6. The first-order valence-corrected chi connectivity index (χ1v) is 8.81. The highest BCUT2D eigenvalue weighted by Crippen LogP contribution is 2.22. The molecule has 0 saturated carbocycles. The molecule has 0 atom stereocenters. The minimum absolute atomic E-state index is 0.0260. The number of benzene rings is 2. The highest BCUT2D eigenvalue weighted by molar-refractivity contribution is 6.03. The van der Waals surface area contributed by atoms with Crippen LogP contribution in [-0.2, 0) is 11.3 Å². The summed E-state index contributed by atoms with van der Waals surface area (Å²) in [6.07, 6.45) is 0. The number of methoxy groups -OCH3 is 1. The van der Waals surface area contributed by atoms with Crippen molar-refractivity contribution in [3.05, 3.63) is 87.4 Å². The Balaban J connectivity index is 1.63. The fourth-order valence-electron chi connectivity index (χ4n) is 2.57. The average Bonchev–Trinajstić information content (AvgIpc) is 3.27. The molecule has 0 fully saturated rings. The molecule has 0 radical (unpaired) electrons. The fraction of sp³-hybridized carbons (Fsp3) is 0.0952. The topological polar surface area (TPSA) is 145 Å². The number of esters is 1. The van der Waals surface area contributed by atoms with E-state index in [4.69, 9.17) is 14.4 Å². The van der Waals surface area contributed by atoms with Crippen LogP contribution in [0.1, 0.15) is 32.2 Å². The molecular formula is C21H15N3O7. The standard InChI is InChI=1S/C21H15N3O7/c1-29-21(26)13-2-5-16(6-3-13)30-12-17-7-9-19(31-17)20(25)23-18-8-4-15(24(27)28)10-14(18)11-22/h2-10H,12H2,1H3,(H,23,25). The number of furan rings is 1. The van der Waals surface area contributed by atoms with Crippen molar-refractivity contribution >= 4 is 23.3 Å². The molecular weight excluding hydrogens is 406 g/mol. The number of amides is 1. The Hall–Kier alpha value is -4.65. The van der Waals surface area contributed by atoms with E-state index in [0.29, 0.717) is 17.1 Å². The van der Waals surface area contributed by atoms with Crippen LogP contribution in [0.15, 0.2) is 59.0 Å². The van der Waals surface area contributed by atoms with Gasteiger partial charge in [0.05, 0.1) is 28.8 Å². The molecule has 1 amide bonds. The van der Waals surface area contributed by atoms with Crippen molar-refractivity contribution in [2.75, 3.05) is 12.4 Å². The maximum absolute atomic E-state index is 12.4. The van der Waals surface area contributed by atoms with Crippen molar-refractivity contribution in [3.63, 3.8) is 0 Å². The largest absolute Gasteiger partial charge is 0.486 e. The van der Waals surface area contributed by atoms with Crippen LogP contribution in [0, 0.1) is 21.4 Å². The minimum Gasteiger partial charge on any atom is -0.486 e. The number of ether oxygens (including phenoxy) is 2. The number of non-ortho nitro benzene ring substituents is 1. The molecule has 3 rings (SSSR count). The molecule has 10 nitrogen and oxygen atoms in total. The van der Waals surface area contributed by atoms with Crippen LogP contribution >= 0.6 is 0 Å². The molecule has 2 aromatic carbocycles. The minimum atomic E-state index is -0.631. The van der Waals surface area contributed by atoms with Crippen molar-refractivity contribution in [3.8, 4) is 11.8 Å². The number of nitrogens with zero attached hydrogens (tertiary/aromatic N) is 2. The Bertz CT molecular complexity index is 1180. The smallest absolute Gasteiger partial charge is 0.337 e. The molecule has 0 unspecified atom stereocenters. The normalized spacial score (nSPS) is 10.1. The van der Waals surface area contributed by atoms with Gasteiger partial charge in [0.1, 0.15) is 24.2 Å². The highest BCUT2D eigenvalue weighted by Gasteiger charge is 2.16. The van der Waals surface area contributed by atoms with Gasteiger partial charge in [-0.25, -0.2) is 4.79 Å². The summed E-state index contributed by atoms with van der Waals surface area (Å²) in [4.78, 5) is 34.0. The number of nitro groups is 1. The number of hydrogen-bond acceptors (Lipinski definition) is 8. The Morgan fingerprint density at radius 2 is 1.90 bits per heavy atom. The molecule has 10 heteroatoms. The van der Waals surface area contributed by atoms with Crippen LogP contribution in [0.25, 0.3) is 0 Å². The number of nitriles is 1. The average molecular weight is 421 g/mol. The Labute approximate surface area is 175 Å². The zero-order valence-corrected chi connectivity index (χ0v) is 16.2. The Kier molecular flexibility index (Phi) is 6.27. The van der Waals surface area contributed by atoms with Gasteiger partial charge < -0.3 is 19.2 Å². The van der Waals surface area contributed by atoms with E-state index in [-0.39, 0.29) is 29.3 Å². The SMILES string of the molecule is COC(=O)c1ccc(OCc2ccc(C(=O)Nc3ccc([N+](=O)[O-])cc3C#N)o2)cc1. The van der Waals surface area contributed by atoms with Gasteiger partial charge in [0.15, 0.2) is 5.76 Å². The van der Waals surface area contributed by atoms with E-state index in [0.717, 1.165) is 6.07 Å². The molecule has 31 heavy (non-hydrogen) atoms. The Morgan fingerprint density at radius 1 is 1.16 bits per heavy atom. The van der Waals surface area contributed by atoms with Crippen LogP contribution in [-0.4, -0.2) is 23.9 Å².